The van der Waals surface area contributed by atoms with Crippen molar-refractivity contribution in [2.75, 3.05) is 0 Å². The molecule has 0 atom stereocenters. The van der Waals surface area contributed by atoms with E-state index in [9.17, 15) is 4.79 Å². The monoisotopic (exact) mass is 197 g/mol. The Hall–Kier alpha value is -1.96. The van der Waals surface area contributed by atoms with Crippen molar-refractivity contribution in [2.24, 2.45) is 0 Å². The summed E-state index contributed by atoms with van der Waals surface area (Å²) in [5, 5.41) is 0. The second-order valence-corrected chi connectivity index (χ2v) is 3.36. The first kappa shape index (κ1) is 9.59. The van der Waals surface area contributed by atoms with Crippen LogP contribution in [0, 0.1) is 6.92 Å². The lowest BCUT2D eigenvalue weighted by atomic mass is 10.0. The number of hydrogen-bond acceptors (Lipinski definition) is 2. The molecule has 1 aromatic carbocycles. The molecule has 0 bridgehead atoms. The molecule has 2 nitrogen and oxygen atoms in total. The minimum absolute atomic E-state index is 0.0197. The van der Waals surface area contributed by atoms with Crippen molar-refractivity contribution in [2.45, 2.75) is 6.92 Å². The highest BCUT2D eigenvalue weighted by molar-refractivity contribution is 6.08. The summed E-state index contributed by atoms with van der Waals surface area (Å²) in [5.74, 6) is -0.0197. The van der Waals surface area contributed by atoms with E-state index in [0.29, 0.717) is 11.3 Å². The van der Waals surface area contributed by atoms with Gasteiger partial charge in [-0.05, 0) is 18.6 Å². The number of nitrogens with zero attached hydrogens (tertiary/aromatic N) is 1. The van der Waals surface area contributed by atoms with Gasteiger partial charge < -0.3 is 0 Å². The topological polar surface area (TPSA) is 30.0 Å². The molecule has 0 amide bonds. The SMILES string of the molecule is Cc1cccnc1C(=O)c1ccccc1. The Morgan fingerprint density at radius 1 is 1.07 bits per heavy atom. The van der Waals surface area contributed by atoms with Gasteiger partial charge in [0.25, 0.3) is 0 Å². The molecule has 0 aliphatic carbocycles. The first-order chi connectivity index (χ1) is 7.29. The summed E-state index contributed by atoms with van der Waals surface area (Å²) < 4.78 is 0. The van der Waals surface area contributed by atoms with Gasteiger partial charge >= 0.3 is 0 Å². The predicted octanol–water partition coefficient (Wildman–Crippen LogP) is 2.62. The average molecular weight is 197 g/mol. The van der Waals surface area contributed by atoms with E-state index in [0.717, 1.165) is 5.56 Å². The minimum Gasteiger partial charge on any atom is -0.287 e. The van der Waals surface area contributed by atoms with Crippen LogP contribution in [0.25, 0.3) is 0 Å². The van der Waals surface area contributed by atoms with Crippen molar-refractivity contribution in [1.29, 1.82) is 0 Å². The quantitative estimate of drug-likeness (QED) is 0.693. The number of ketones is 1. The van der Waals surface area contributed by atoms with Gasteiger partial charge in [-0.1, -0.05) is 36.4 Å². The minimum atomic E-state index is -0.0197. The van der Waals surface area contributed by atoms with Crippen LogP contribution >= 0.6 is 0 Å². The first-order valence-corrected chi connectivity index (χ1v) is 4.80. The van der Waals surface area contributed by atoms with E-state index in [1.54, 1.807) is 18.3 Å². The van der Waals surface area contributed by atoms with Crippen LogP contribution in [-0.4, -0.2) is 10.8 Å². The van der Waals surface area contributed by atoms with Crippen molar-refractivity contribution in [3.8, 4) is 0 Å². The highest BCUT2D eigenvalue weighted by Gasteiger charge is 2.11. The molecule has 74 valence electrons. The molecule has 0 unspecified atom stereocenters. The predicted molar refractivity (Wildman–Crippen MR) is 58.8 cm³/mol. The summed E-state index contributed by atoms with van der Waals surface area (Å²) in [6.07, 6.45) is 1.64. The highest BCUT2D eigenvalue weighted by atomic mass is 16.1. The maximum absolute atomic E-state index is 12.0. The maximum Gasteiger partial charge on any atom is 0.211 e. The molecule has 1 heterocycles. The number of hydrogen-bond donors (Lipinski definition) is 0. The zero-order valence-corrected chi connectivity index (χ0v) is 8.47. The lowest BCUT2D eigenvalue weighted by molar-refractivity contribution is 0.103. The van der Waals surface area contributed by atoms with Crippen LogP contribution < -0.4 is 0 Å². The number of aromatic nitrogens is 1. The first-order valence-electron chi connectivity index (χ1n) is 4.80. The molecular weight excluding hydrogens is 186 g/mol. The Labute approximate surface area is 88.6 Å². The van der Waals surface area contributed by atoms with Crippen LogP contribution in [0.4, 0.5) is 0 Å². The maximum atomic E-state index is 12.0. The zero-order valence-electron chi connectivity index (χ0n) is 8.47. The van der Waals surface area contributed by atoms with Crippen LogP contribution in [-0.2, 0) is 0 Å². The molecule has 0 spiro atoms. The number of carbonyl (C=O) groups excluding carboxylic acids is 1. The Morgan fingerprint density at radius 2 is 1.80 bits per heavy atom. The van der Waals surface area contributed by atoms with Crippen LogP contribution in [0.5, 0.6) is 0 Å². The Kier molecular flexibility index (Phi) is 2.59. The summed E-state index contributed by atoms with van der Waals surface area (Å²) in [6.45, 7) is 1.89. The van der Waals surface area contributed by atoms with Gasteiger partial charge in [-0.25, -0.2) is 0 Å². The third-order valence-electron chi connectivity index (χ3n) is 2.26. The molecule has 2 rings (SSSR count). The highest BCUT2D eigenvalue weighted by Crippen LogP contribution is 2.10. The van der Waals surface area contributed by atoms with Gasteiger partial charge in [0, 0.05) is 11.8 Å². The van der Waals surface area contributed by atoms with E-state index in [1.165, 1.54) is 0 Å². The third kappa shape index (κ3) is 1.94. The molecule has 0 fully saturated rings. The summed E-state index contributed by atoms with van der Waals surface area (Å²) in [5.41, 5.74) is 2.12. The molecular formula is C13H11NO. The normalized spacial score (nSPS) is 9.93. The fraction of sp³-hybridized carbons (Fsp3) is 0.0769. The number of rotatable bonds is 2. The van der Waals surface area contributed by atoms with Crippen LogP contribution in [0.3, 0.4) is 0 Å². The second-order valence-electron chi connectivity index (χ2n) is 3.36. The van der Waals surface area contributed by atoms with E-state index in [4.69, 9.17) is 0 Å². The van der Waals surface area contributed by atoms with E-state index in [-0.39, 0.29) is 5.78 Å². The second kappa shape index (κ2) is 4.05. The standard InChI is InChI=1S/C13H11NO/c1-10-6-5-9-14-12(10)13(15)11-7-3-2-4-8-11/h2-9H,1H3. The summed E-state index contributed by atoms with van der Waals surface area (Å²) >= 11 is 0. The molecule has 0 aliphatic heterocycles. The number of carbonyl (C=O) groups is 1. The Balaban J connectivity index is 2.42. The van der Waals surface area contributed by atoms with Gasteiger partial charge in [-0.15, -0.1) is 0 Å². The molecule has 0 saturated heterocycles. The average Bonchev–Trinajstić information content (AvgIpc) is 2.30. The van der Waals surface area contributed by atoms with Gasteiger partial charge in [-0.3, -0.25) is 9.78 Å². The molecule has 0 N–H and O–H groups in total. The molecule has 15 heavy (non-hydrogen) atoms. The van der Waals surface area contributed by atoms with Gasteiger partial charge in [0.2, 0.25) is 5.78 Å². The molecule has 2 aromatic rings. The van der Waals surface area contributed by atoms with Gasteiger partial charge in [0.15, 0.2) is 0 Å². The lowest BCUT2D eigenvalue weighted by Gasteiger charge is -2.02. The summed E-state index contributed by atoms with van der Waals surface area (Å²) in [4.78, 5) is 16.1. The largest absolute Gasteiger partial charge is 0.287 e. The number of aryl methyl sites for hydroxylation is 1. The Bertz CT molecular complexity index is 477. The zero-order chi connectivity index (χ0) is 10.7. The summed E-state index contributed by atoms with van der Waals surface area (Å²) in [7, 11) is 0. The molecule has 0 saturated carbocycles. The van der Waals surface area contributed by atoms with Gasteiger partial charge in [0.05, 0.1) is 0 Å². The Morgan fingerprint density at radius 3 is 2.47 bits per heavy atom. The van der Waals surface area contributed by atoms with Gasteiger partial charge in [0.1, 0.15) is 5.69 Å². The fourth-order valence-corrected chi connectivity index (χ4v) is 1.45. The molecule has 2 heteroatoms. The molecule has 1 aromatic heterocycles. The van der Waals surface area contributed by atoms with Crippen molar-refractivity contribution in [3.63, 3.8) is 0 Å². The van der Waals surface area contributed by atoms with Crippen LogP contribution in [0.2, 0.25) is 0 Å². The van der Waals surface area contributed by atoms with E-state index in [2.05, 4.69) is 4.98 Å². The fourth-order valence-electron chi connectivity index (χ4n) is 1.45. The van der Waals surface area contributed by atoms with E-state index in [1.807, 2.05) is 37.3 Å². The third-order valence-corrected chi connectivity index (χ3v) is 2.26. The van der Waals surface area contributed by atoms with Gasteiger partial charge in [-0.2, -0.15) is 0 Å². The molecule has 0 radical (unpaired) electrons. The molecule has 0 aliphatic rings. The van der Waals surface area contributed by atoms with Crippen molar-refractivity contribution in [1.82, 2.24) is 4.98 Å². The van der Waals surface area contributed by atoms with Crippen molar-refractivity contribution < 1.29 is 4.79 Å². The van der Waals surface area contributed by atoms with Crippen molar-refractivity contribution in [3.05, 3.63) is 65.5 Å². The lowest BCUT2D eigenvalue weighted by Crippen LogP contribution is -2.05. The smallest absolute Gasteiger partial charge is 0.211 e. The number of pyridine rings is 1. The van der Waals surface area contributed by atoms with E-state index >= 15 is 0 Å². The van der Waals surface area contributed by atoms with Crippen molar-refractivity contribution >= 4 is 5.78 Å². The summed E-state index contributed by atoms with van der Waals surface area (Å²) in [6, 6.07) is 12.9. The van der Waals surface area contributed by atoms with Crippen LogP contribution in [0.15, 0.2) is 48.7 Å². The van der Waals surface area contributed by atoms with Crippen LogP contribution in [0.1, 0.15) is 21.6 Å². The van der Waals surface area contributed by atoms with E-state index < -0.39 is 0 Å². The number of benzene rings is 1.